The van der Waals surface area contributed by atoms with Crippen LogP contribution in [0.3, 0.4) is 0 Å². The fourth-order valence-corrected chi connectivity index (χ4v) is 2.21. The minimum atomic E-state index is -5.93. The number of carbonyl (C=O) groups is 1. The number of rotatable bonds is 3. The molecule has 1 heterocycles. The molecule has 2 aromatic rings. The molecule has 0 saturated heterocycles. The zero-order valence-corrected chi connectivity index (χ0v) is 12.9. The van der Waals surface area contributed by atoms with E-state index in [-0.39, 0.29) is 5.56 Å². The lowest BCUT2D eigenvalue weighted by Crippen LogP contribution is -2.37. The summed E-state index contributed by atoms with van der Waals surface area (Å²) in [6, 6.07) is 5.27. The van der Waals surface area contributed by atoms with Crippen molar-refractivity contribution >= 4 is 5.97 Å². The highest BCUT2D eigenvalue weighted by Gasteiger charge is 2.59. The maximum atomic E-state index is 13.2. The Morgan fingerprint density at radius 1 is 1.12 bits per heavy atom. The van der Waals surface area contributed by atoms with E-state index in [1.807, 2.05) is 0 Å². The number of esters is 1. The lowest BCUT2D eigenvalue weighted by atomic mass is 9.93. The second-order valence-electron chi connectivity index (χ2n) is 5.01. The first-order chi connectivity index (χ1) is 12.4. The molecule has 10 heteroatoms. The molecule has 4 nitrogen and oxygen atoms in total. The van der Waals surface area contributed by atoms with Crippen molar-refractivity contribution in [2.45, 2.75) is 18.3 Å². The molecular formula is C16H10F6O4. The van der Waals surface area contributed by atoms with Crippen LogP contribution in [-0.4, -0.2) is 25.4 Å². The normalized spacial score (nSPS) is 12.8. The highest BCUT2D eigenvalue weighted by atomic mass is 19.4. The topological polar surface area (TPSA) is 56.5 Å². The van der Waals surface area contributed by atoms with Gasteiger partial charge in [0.25, 0.3) is 0 Å². The lowest BCUT2D eigenvalue weighted by molar-refractivity contribution is -0.253. The first kappa shape index (κ1) is 18.0. The average molecular weight is 381 g/mol. The average Bonchev–Trinajstić information content (AvgIpc) is 2.55. The van der Waals surface area contributed by atoms with Crippen molar-refractivity contribution in [2.24, 2.45) is 0 Å². The maximum Gasteiger partial charge on any atom is 0.404 e. The largest absolute Gasteiger partial charge is 0.465 e. The Balaban J connectivity index is 2.97. The fourth-order valence-electron chi connectivity index (χ4n) is 2.21. The standard InChI is InChI=1S/C16H10F6O4/c1-25-13(23)11-9(12(15(17,18)19)16(20,21)22)7-10(26-14(11)24)8-5-3-2-4-6-8/h2-7,12H,1H3/i7D. The summed E-state index contributed by atoms with van der Waals surface area (Å²) in [5.41, 5.74) is -5.37. The second kappa shape index (κ2) is 6.85. The number of benzene rings is 1. The van der Waals surface area contributed by atoms with E-state index < -0.39 is 52.8 Å². The number of ether oxygens (including phenoxy) is 1. The zero-order chi connectivity index (χ0) is 20.6. The molecule has 0 amide bonds. The fraction of sp³-hybridized carbons (Fsp3) is 0.250. The molecule has 0 radical (unpaired) electrons. The summed E-state index contributed by atoms with van der Waals surface area (Å²) in [6.45, 7) is 0. The maximum absolute atomic E-state index is 13.2. The molecule has 0 spiro atoms. The summed E-state index contributed by atoms with van der Waals surface area (Å²) in [6.07, 6.45) is -11.9. The Kier molecular flexibility index (Phi) is 4.75. The van der Waals surface area contributed by atoms with Crippen molar-refractivity contribution in [3.8, 4) is 11.3 Å². The van der Waals surface area contributed by atoms with E-state index >= 15 is 0 Å². The van der Waals surface area contributed by atoms with Crippen molar-refractivity contribution < 1.29 is 41.7 Å². The molecule has 0 N–H and O–H groups in total. The Labute approximate surface area is 143 Å². The molecule has 0 saturated carbocycles. The van der Waals surface area contributed by atoms with Crippen molar-refractivity contribution in [2.75, 3.05) is 7.11 Å². The third-order valence-electron chi connectivity index (χ3n) is 3.29. The minimum absolute atomic E-state index is 0.111. The second-order valence-corrected chi connectivity index (χ2v) is 5.01. The van der Waals surface area contributed by atoms with Gasteiger partial charge in [-0.25, -0.2) is 9.59 Å². The van der Waals surface area contributed by atoms with Crippen molar-refractivity contribution in [3.63, 3.8) is 0 Å². The molecule has 0 aliphatic heterocycles. The van der Waals surface area contributed by atoms with E-state index in [0.717, 1.165) is 0 Å². The molecule has 26 heavy (non-hydrogen) atoms. The van der Waals surface area contributed by atoms with Gasteiger partial charge in [-0.2, -0.15) is 26.3 Å². The molecule has 2 rings (SSSR count). The van der Waals surface area contributed by atoms with Crippen molar-refractivity contribution in [1.29, 1.82) is 0 Å². The van der Waals surface area contributed by atoms with Gasteiger partial charge >= 0.3 is 23.9 Å². The Morgan fingerprint density at radius 2 is 1.65 bits per heavy atom. The van der Waals surface area contributed by atoms with E-state index in [1.54, 1.807) is 0 Å². The van der Waals surface area contributed by atoms with Crippen LogP contribution in [0.4, 0.5) is 26.3 Å². The summed E-state index contributed by atoms with van der Waals surface area (Å²) in [7, 11) is 0.663. The predicted molar refractivity (Wildman–Crippen MR) is 76.6 cm³/mol. The van der Waals surface area contributed by atoms with Crippen LogP contribution < -0.4 is 5.63 Å². The minimum Gasteiger partial charge on any atom is -0.465 e. The van der Waals surface area contributed by atoms with E-state index in [0.29, 0.717) is 7.11 Å². The van der Waals surface area contributed by atoms with Gasteiger partial charge in [0, 0.05) is 5.56 Å². The molecule has 0 unspecified atom stereocenters. The molecule has 140 valence electrons. The number of alkyl halides is 6. The van der Waals surface area contributed by atoms with E-state index in [2.05, 4.69) is 9.15 Å². The molecule has 0 fully saturated rings. The number of methoxy groups -OCH3 is 1. The summed E-state index contributed by atoms with van der Waals surface area (Å²) >= 11 is 0. The van der Waals surface area contributed by atoms with Gasteiger partial charge in [-0.05, 0) is 11.6 Å². The monoisotopic (exact) mass is 381 g/mol. The summed E-state index contributed by atoms with van der Waals surface area (Å²) in [4.78, 5) is 23.8. The third kappa shape index (κ3) is 3.89. The van der Waals surface area contributed by atoms with Crippen molar-refractivity contribution in [3.05, 3.63) is 57.9 Å². The van der Waals surface area contributed by atoms with Gasteiger partial charge in [0.2, 0.25) is 0 Å². The molecular weight excluding hydrogens is 370 g/mol. The van der Waals surface area contributed by atoms with E-state index in [4.69, 9.17) is 1.37 Å². The van der Waals surface area contributed by atoms with Crippen LogP contribution in [0.2, 0.25) is 0 Å². The van der Waals surface area contributed by atoms with Gasteiger partial charge in [-0.1, -0.05) is 30.3 Å². The predicted octanol–water partition coefficient (Wildman–Crippen LogP) is 4.30. The summed E-state index contributed by atoms with van der Waals surface area (Å²) in [5, 5.41) is 0. The molecule has 0 atom stereocenters. The van der Waals surface area contributed by atoms with E-state index in [1.165, 1.54) is 30.3 Å². The van der Waals surface area contributed by atoms with Crippen molar-refractivity contribution in [1.82, 2.24) is 0 Å². The first-order valence-electron chi connectivity index (χ1n) is 7.34. The lowest BCUT2D eigenvalue weighted by Gasteiger charge is -2.24. The van der Waals surface area contributed by atoms with Crippen LogP contribution in [0.5, 0.6) is 0 Å². The molecule has 0 aliphatic rings. The summed E-state index contributed by atoms with van der Waals surface area (Å²) < 4.78 is 95.9. The number of carbonyl (C=O) groups excluding carboxylic acids is 1. The van der Waals surface area contributed by atoms with Crippen LogP contribution in [0.1, 0.15) is 23.2 Å². The SMILES string of the molecule is [2H]c1c(-c2ccccc2)oc(=O)c(C(=O)OC)c1C(C(F)(F)F)C(F)(F)F. The van der Waals surface area contributed by atoms with Gasteiger partial charge in [-0.15, -0.1) is 0 Å². The highest BCUT2D eigenvalue weighted by Crippen LogP contribution is 2.47. The van der Waals surface area contributed by atoms with Gasteiger partial charge in [0.05, 0.1) is 8.48 Å². The number of hydrogen-bond acceptors (Lipinski definition) is 4. The Morgan fingerprint density at radius 3 is 2.12 bits per heavy atom. The van der Waals surface area contributed by atoms with Crippen LogP contribution in [-0.2, 0) is 4.74 Å². The number of halogens is 6. The van der Waals surface area contributed by atoms with Gasteiger partial charge in [0.1, 0.15) is 11.3 Å². The molecule has 1 aromatic carbocycles. The molecule has 1 aromatic heterocycles. The number of hydrogen-bond donors (Lipinski definition) is 0. The van der Waals surface area contributed by atoms with Crippen LogP contribution in [0.25, 0.3) is 11.3 Å². The summed E-state index contributed by atoms with van der Waals surface area (Å²) in [5.74, 6) is -6.86. The molecule has 0 bridgehead atoms. The molecule has 0 aliphatic carbocycles. The smallest absolute Gasteiger partial charge is 0.404 e. The van der Waals surface area contributed by atoms with Gasteiger partial charge < -0.3 is 9.15 Å². The van der Waals surface area contributed by atoms with Gasteiger partial charge in [0.15, 0.2) is 5.92 Å². The Bertz CT molecular complexity index is 888. The zero-order valence-electron chi connectivity index (χ0n) is 13.9. The van der Waals surface area contributed by atoms with Crippen LogP contribution in [0, 0.1) is 0 Å². The Hall–Kier alpha value is -2.78. The first-order valence-corrected chi connectivity index (χ1v) is 6.84. The highest BCUT2D eigenvalue weighted by molar-refractivity contribution is 5.91. The van der Waals surface area contributed by atoms with E-state index in [9.17, 15) is 35.9 Å². The third-order valence-corrected chi connectivity index (χ3v) is 3.29. The van der Waals surface area contributed by atoms with Gasteiger partial charge in [-0.3, -0.25) is 0 Å². The van der Waals surface area contributed by atoms with Crippen LogP contribution >= 0.6 is 0 Å². The van der Waals surface area contributed by atoms with Crippen LogP contribution in [0.15, 0.2) is 45.6 Å². The quantitative estimate of drug-likeness (QED) is 0.588.